The molecule has 0 amide bonds. The van der Waals surface area contributed by atoms with Gasteiger partial charge >= 0.3 is 0 Å². The lowest BCUT2D eigenvalue weighted by molar-refractivity contribution is 0.203. The van der Waals surface area contributed by atoms with Crippen LogP contribution in [0.3, 0.4) is 0 Å². The Labute approximate surface area is 102 Å². The highest BCUT2D eigenvalue weighted by atomic mass is 35.5. The van der Waals surface area contributed by atoms with Gasteiger partial charge in [0.25, 0.3) is 0 Å². The molecule has 1 aromatic carbocycles. The third-order valence-electron chi connectivity index (χ3n) is 2.98. The first-order chi connectivity index (χ1) is 7.81. The first-order valence-corrected chi connectivity index (χ1v) is 6.02. The molecule has 0 aromatic heterocycles. The standard InChI is InChI=1S/C13H17ClN2/c1-2-13(16-9-7-15-8-10-16)11-3-5-12(14)6-4-11/h2-6,13,15H,1,7-10H2/t13-/m0/s1. The highest BCUT2D eigenvalue weighted by molar-refractivity contribution is 6.30. The van der Waals surface area contributed by atoms with E-state index in [-0.39, 0.29) is 0 Å². The van der Waals surface area contributed by atoms with Crippen LogP contribution < -0.4 is 5.32 Å². The molecule has 1 heterocycles. The van der Waals surface area contributed by atoms with E-state index >= 15 is 0 Å². The van der Waals surface area contributed by atoms with Crippen molar-refractivity contribution in [2.24, 2.45) is 0 Å². The molecule has 1 N–H and O–H groups in total. The predicted molar refractivity (Wildman–Crippen MR) is 68.8 cm³/mol. The number of rotatable bonds is 3. The van der Waals surface area contributed by atoms with Crippen molar-refractivity contribution in [3.8, 4) is 0 Å². The Balaban J connectivity index is 2.14. The molecule has 16 heavy (non-hydrogen) atoms. The van der Waals surface area contributed by atoms with Crippen LogP contribution in [0.5, 0.6) is 0 Å². The van der Waals surface area contributed by atoms with Gasteiger partial charge in [0.05, 0.1) is 6.04 Å². The van der Waals surface area contributed by atoms with Crippen LogP contribution in [0.15, 0.2) is 36.9 Å². The van der Waals surface area contributed by atoms with E-state index in [1.165, 1.54) is 5.56 Å². The van der Waals surface area contributed by atoms with Crippen LogP contribution in [0.4, 0.5) is 0 Å². The van der Waals surface area contributed by atoms with Crippen molar-refractivity contribution >= 4 is 11.6 Å². The summed E-state index contributed by atoms with van der Waals surface area (Å²) in [5.41, 5.74) is 1.27. The largest absolute Gasteiger partial charge is 0.314 e. The second kappa shape index (κ2) is 5.48. The number of nitrogens with zero attached hydrogens (tertiary/aromatic N) is 1. The van der Waals surface area contributed by atoms with E-state index in [1.807, 2.05) is 18.2 Å². The van der Waals surface area contributed by atoms with Crippen LogP contribution in [0.2, 0.25) is 5.02 Å². The molecule has 1 atom stereocenters. The van der Waals surface area contributed by atoms with E-state index in [0.717, 1.165) is 31.2 Å². The average molecular weight is 237 g/mol. The van der Waals surface area contributed by atoms with Crippen LogP contribution in [-0.4, -0.2) is 31.1 Å². The molecule has 86 valence electrons. The summed E-state index contributed by atoms with van der Waals surface area (Å²) in [6.07, 6.45) is 2.01. The molecule has 0 spiro atoms. The molecule has 1 aromatic rings. The summed E-state index contributed by atoms with van der Waals surface area (Å²) in [5.74, 6) is 0. The molecule has 0 unspecified atom stereocenters. The van der Waals surface area contributed by atoms with Gasteiger partial charge < -0.3 is 5.32 Å². The van der Waals surface area contributed by atoms with Crippen molar-refractivity contribution < 1.29 is 0 Å². The van der Waals surface area contributed by atoms with Crippen molar-refractivity contribution in [2.45, 2.75) is 6.04 Å². The van der Waals surface area contributed by atoms with Gasteiger partial charge in [-0.15, -0.1) is 6.58 Å². The summed E-state index contributed by atoms with van der Waals surface area (Å²) in [6.45, 7) is 8.18. The molecule has 0 saturated carbocycles. The maximum atomic E-state index is 5.90. The monoisotopic (exact) mass is 236 g/mol. The zero-order valence-electron chi connectivity index (χ0n) is 9.32. The van der Waals surface area contributed by atoms with Crippen LogP contribution >= 0.6 is 11.6 Å². The van der Waals surface area contributed by atoms with Crippen LogP contribution in [0.1, 0.15) is 11.6 Å². The van der Waals surface area contributed by atoms with Gasteiger partial charge in [-0.1, -0.05) is 29.8 Å². The van der Waals surface area contributed by atoms with E-state index in [1.54, 1.807) is 0 Å². The Bertz CT molecular complexity index is 341. The second-order valence-corrected chi connectivity index (χ2v) is 4.45. The third kappa shape index (κ3) is 2.64. The van der Waals surface area contributed by atoms with E-state index in [9.17, 15) is 0 Å². The maximum Gasteiger partial charge on any atom is 0.0529 e. The fourth-order valence-corrected chi connectivity index (χ4v) is 2.24. The normalized spacial score (nSPS) is 19.3. The second-order valence-electron chi connectivity index (χ2n) is 4.02. The summed E-state index contributed by atoms with van der Waals surface area (Å²) >= 11 is 5.90. The average Bonchev–Trinajstić information content (AvgIpc) is 2.34. The summed E-state index contributed by atoms with van der Waals surface area (Å²) < 4.78 is 0. The van der Waals surface area contributed by atoms with Crippen molar-refractivity contribution in [1.29, 1.82) is 0 Å². The quantitative estimate of drug-likeness (QED) is 0.812. The number of hydrogen-bond acceptors (Lipinski definition) is 2. The Morgan fingerprint density at radius 2 is 1.88 bits per heavy atom. The molecule has 2 rings (SSSR count). The highest BCUT2D eigenvalue weighted by Crippen LogP contribution is 2.23. The van der Waals surface area contributed by atoms with Gasteiger partial charge in [0.15, 0.2) is 0 Å². The van der Waals surface area contributed by atoms with Crippen LogP contribution in [0, 0.1) is 0 Å². The number of halogens is 1. The molecule has 0 radical (unpaired) electrons. The molecule has 1 aliphatic heterocycles. The van der Waals surface area contributed by atoms with Crippen molar-refractivity contribution in [3.05, 3.63) is 47.5 Å². The minimum Gasteiger partial charge on any atom is -0.314 e. The minimum absolute atomic E-state index is 0.305. The lowest BCUT2D eigenvalue weighted by atomic mass is 10.0. The van der Waals surface area contributed by atoms with Gasteiger partial charge in [-0.05, 0) is 17.7 Å². The Hall–Kier alpha value is -0.830. The molecular weight excluding hydrogens is 220 g/mol. The van der Waals surface area contributed by atoms with Crippen LogP contribution in [-0.2, 0) is 0 Å². The number of hydrogen-bond donors (Lipinski definition) is 1. The lowest BCUT2D eigenvalue weighted by Crippen LogP contribution is -2.44. The summed E-state index contributed by atoms with van der Waals surface area (Å²) in [4.78, 5) is 2.44. The van der Waals surface area contributed by atoms with Gasteiger partial charge in [0, 0.05) is 31.2 Å². The SMILES string of the molecule is C=C[C@@H](c1ccc(Cl)cc1)N1CCNCC1. The molecule has 1 saturated heterocycles. The Morgan fingerprint density at radius 3 is 2.44 bits per heavy atom. The summed E-state index contributed by atoms with van der Waals surface area (Å²) in [5, 5.41) is 4.14. The molecular formula is C13H17ClN2. The predicted octanol–water partition coefficient (Wildman–Crippen LogP) is 2.47. The Morgan fingerprint density at radius 1 is 1.25 bits per heavy atom. The van der Waals surface area contributed by atoms with Gasteiger partial charge in [-0.3, -0.25) is 4.90 Å². The fourth-order valence-electron chi connectivity index (χ4n) is 2.12. The minimum atomic E-state index is 0.305. The third-order valence-corrected chi connectivity index (χ3v) is 3.23. The van der Waals surface area contributed by atoms with Gasteiger partial charge in [0.1, 0.15) is 0 Å². The number of nitrogens with one attached hydrogen (secondary N) is 1. The van der Waals surface area contributed by atoms with Crippen molar-refractivity contribution in [2.75, 3.05) is 26.2 Å². The number of piperazine rings is 1. The zero-order chi connectivity index (χ0) is 11.4. The van der Waals surface area contributed by atoms with E-state index in [2.05, 4.69) is 28.9 Å². The first-order valence-electron chi connectivity index (χ1n) is 5.64. The van der Waals surface area contributed by atoms with E-state index < -0.39 is 0 Å². The molecule has 0 bridgehead atoms. The van der Waals surface area contributed by atoms with Crippen molar-refractivity contribution in [1.82, 2.24) is 10.2 Å². The fraction of sp³-hybridized carbons (Fsp3) is 0.385. The molecule has 2 nitrogen and oxygen atoms in total. The molecule has 3 heteroatoms. The van der Waals surface area contributed by atoms with E-state index in [4.69, 9.17) is 11.6 Å². The van der Waals surface area contributed by atoms with Crippen molar-refractivity contribution in [3.63, 3.8) is 0 Å². The number of benzene rings is 1. The maximum absolute atomic E-state index is 5.90. The lowest BCUT2D eigenvalue weighted by Gasteiger charge is -2.33. The summed E-state index contributed by atoms with van der Waals surface area (Å²) in [6, 6.07) is 8.35. The molecule has 1 aliphatic rings. The van der Waals surface area contributed by atoms with Gasteiger partial charge in [0.2, 0.25) is 0 Å². The smallest absolute Gasteiger partial charge is 0.0529 e. The Kier molecular flexibility index (Phi) is 3.99. The molecule has 1 fully saturated rings. The van der Waals surface area contributed by atoms with Gasteiger partial charge in [-0.25, -0.2) is 0 Å². The van der Waals surface area contributed by atoms with Gasteiger partial charge in [-0.2, -0.15) is 0 Å². The topological polar surface area (TPSA) is 15.3 Å². The highest BCUT2D eigenvalue weighted by Gasteiger charge is 2.18. The summed E-state index contributed by atoms with van der Waals surface area (Å²) in [7, 11) is 0. The van der Waals surface area contributed by atoms with Crippen LogP contribution in [0.25, 0.3) is 0 Å². The van der Waals surface area contributed by atoms with E-state index in [0.29, 0.717) is 6.04 Å². The zero-order valence-corrected chi connectivity index (χ0v) is 10.1. The molecule has 0 aliphatic carbocycles. The first kappa shape index (κ1) is 11.6.